The Hall–Kier alpha value is -3.11. The zero-order chi connectivity index (χ0) is 22.1. The van der Waals surface area contributed by atoms with Gasteiger partial charge in [0.25, 0.3) is 5.91 Å². The molecule has 0 aliphatic rings. The van der Waals surface area contributed by atoms with Crippen molar-refractivity contribution in [1.29, 1.82) is 0 Å². The smallest absolute Gasteiger partial charge is 0.264 e. The maximum atomic E-state index is 12.9. The third-order valence-corrected chi connectivity index (χ3v) is 5.59. The number of aromatic nitrogens is 1. The van der Waals surface area contributed by atoms with Gasteiger partial charge in [-0.1, -0.05) is 6.07 Å². The van der Waals surface area contributed by atoms with Crippen LogP contribution in [0.25, 0.3) is 0 Å². The maximum Gasteiger partial charge on any atom is 0.264 e. The predicted octanol–water partition coefficient (Wildman–Crippen LogP) is 4.18. The number of amides is 2. The average Bonchev–Trinajstić information content (AvgIpc) is 3.21. The van der Waals surface area contributed by atoms with Gasteiger partial charge in [-0.2, -0.15) is 0 Å². The summed E-state index contributed by atoms with van der Waals surface area (Å²) in [6.07, 6.45) is 0. The molecule has 0 aliphatic carbocycles. The second-order valence-corrected chi connectivity index (χ2v) is 8.05. The van der Waals surface area contributed by atoms with Crippen molar-refractivity contribution in [3.8, 4) is 11.5 Å². The molecule has 0 bridgehead atoms. The molecule has 3 rings (SSSR count). The minimum absolute atomic E-state index is 0.152. The van der Waals surface area contributed by atoms with Crippen LogP contribution in [0.1, 0.15) is 5.69 Å². The van der Waals surface area contributed by atoms with Crippen molar-refractivity contribution in [2.24, 2.45) is 0 Å². The molecule has 0 aliphatic heterocycles. The molecule has 2 N–H and O–H groups in total. The number of carbonyl (C=O) groups is 2. The van der Waals surface area contributed by atoms with Gasteiger partial charge in [0.1, 0.15) is 17.3 Å². The molecule has 0 fully saturated rings. The number of benzene rings is 2. The fourth-order valence-electron chi connectivity index (χ4n) is 2.40. The second-order valence-electron chi connectivity index (χ2n) is 6.21. The summed E-state index contributed by atoms with van der Waals surface area (Å²) >= 11 is 2.69. The van der Waals surface area contributed by atoms with Crippen molar-refractivity contribution < 1.29 is 23.5 Å². The summed E-state index contributed by atoms with van der Waals surface area (Å²) in [6.45, 7) is -0.152. The van der Waals surface area contributed by atoms with E-state index in [1.807, 2.05) is 5.38 Å². The van der Waals surface area contributed by atoms with E-state index in [4.69, 9.17) is 9.47 Å². The minimum atomic E-state index is -0.356. The van der Waals surface area contributed by atoms with E-state index in [0.29, 0.717) is 28.1 Å². The number of ether oxygens (including phenoxy) is 2. The molecule has 0 spiro atoms. The van der Waals surface area contributed by atoms with Crippen LogP contribution in [0.4, 0.5) is 15.2 Å². The fourth-order valence-corrected chi connectivity index (χ4v) is 3.95. The lowest BCUT2D eigenvalue weighted by Gasteiger charge is -2.07. The third kappa shape index (κ3) is 7.58. The molecule has 0 saturated heterocycles. The van der Waals surface area contributed by atoms with E-state index < -0.39 is 0 Å². The Balaban J connectivity index is 1.37. The van der Waals surface area contributed by atoms with Crippen molar-refractivity contribution in [2.45, 2.75) is 5.75 Å². The van der Waals surface area contributed by atoms with Crippen LogP contribution in [0.15, 0.2) is 53.9 Å². The summed E-state index contributed by atoms with van der Waals surface area (Å²) in [6, 6.07) is 12.6. The zero-order valence-corrected chi connectivity index (χ0v) is 18.2. The Labute approximate surface area is 187 Å². The molecule has 7 nitrogen and oxygen atoms in total. The van der Waals surface area contributed by atoms with Crippen LogP contribution in [0.2, 0.25) is 0 Å². The van der Waals surface area contributed by atoms with Crippen LogP contribution in [0.3, 0.4) is 0 Å². The molecular formula is C21H20FN3O4S2. The van der Waals surface area contributed by atoms with Crippen molar-refractivity contribution in [2.75, 3.05) is 30.1 Å². The topological polar surface area (TPSA) is 89.6 Å². The summed E-state index contributed by atoms with van der Waals surface area (Å²) in [5.41, 5.74) is 1.30. The number of nitrogens with one attached hydrogen (secondary N) is 2. The number of thiazole rings is 1. The first kappa shape index (κ1) is 22.6. The van der Waals surface area contributed by atoms with Crippen LogP contribution < -0.4 is 20.1 Å². The lowest BCUT2D eigenvalue weighted by molar-refractivity contribution is -0.118. The van der Waals surface area contributed by atoms with Gasteiger partial charge in [0.15, 0.2) is 11.7 Å². The van der Waals surface area contributed by atoms with E-state index in [1.54, 1.807) is 31.4 Å². The molecule has 3 aromatic rings. The van der Waals surface area contributed by atoms with Crippen molar-refractivity contribution in [3.63, 3.8) is 0 Å². The number of hydrogen-bond donors (Lipinski definition) is 2. The highest BCUT2D eigenvalue weighted by Crippen LogP contribution is 2.21. The lowest BCUT2D eigenvalue weighted by Crippen LogP contribution is -2.20. The summed E-state index contributed by atoms with van der Waals surface area (Å²) in [5, 5.41) is 7.68. The number of carbonyl (C=O) groups excluding carboxylic acids is 2. The number of halogens is 1. The van der Waals surface area contributed by atoms with Gasteiger partial charge >= 0.3 is 0 Å². The number of methoxy groups -OCH3 is 1. The number of rotatable bonds is 10. The Bertz CT molecular complexity index is 1030. The minimum Gasteiger partial charge on any atom is -0.497 e. The molecule has 0 saturated carbocycles. The van der Waals surface area contributed by atoms with Gasteiger partial charge in [-0.05, 0) is 36.4 Å². The highest BCUT2D eigenvalue weighted by molar-refractivity contribution is 7.99. The Morgan fingerprint density at radius 3 is 2.65 bits per heavy atom. The Morgan fingerprint density at radius 2 is 1.87 bits per heavy atom. The number of anilines is 2. The second kappa shape index (κ2) is 11.3. The van der Waals surface area contributed by atoms with Crippen LogP contribution >= 0.6 is 23.1 Å². The summed E-state index contributed by atoms with van der Waals surface area (Å²) in [4.78, 5) is 28.4. The van der Waals surface area contributed by atoms with Gasteiger partial charge in [-0.25, -0.2) is 9.37 Å². The molecule has 10 heteroatoms. The maximum absolute atomic E-state index is 12.9. The zero-order valence-electron chi connectivity index (χ0n) is 16.6. The van der Waals surface area contributed by atoms with Crippen LogP contribution in [-0.4, -0.2) is 36.3 Å². The Morgan fingerprint density at radius 1 is 1.10 bits per heavy atom. The van der Waals surface area contributed by atoms with E-state index >= 15 is 0 Å². The van der Waals surface area contributed by atoms with Gasteiger partial charge in [-0.15, -0.1) is 23.1 Å². The molecule has 2 amide bonds. The first-order chi connectivity index (χ1) is 15.0. The molecule has 162 valence electrons. The molecule has 31 heavy (non-hydrogen) atoms. The molecule has 0 unspecified atom stereocenters. The standard InChI is InChI=1S/C21H20FN3O4S2/c1-28-17-3-2-4-18(9-17)29-10-19(26)25-21-24-16(12-31-21)11-30-13-20(27)23-15-7-5-14(22)6-8-15/h2-9,12H,10-11,13H2,1H3,(H,23,27)(H,24,25,26). The van der Waals surface area contributed by atoms with Gasteiger partial charge in [0.05, 0.1) is 18.6 Å². The average molecular weight is 462 g/mol. The first-order valence-corrected chi connectivity index (χ1v) is 11.2. The van der Waals surface area contributed by atoms with Crippen LogP contribution in [0.5, 0.6) is 11.5 Å². The van der Waals surface area contributed by atoms with E-state index in [0.717, 1.165) is 5.69 Å². The fraction of sp³-hybridized carbons (Fsp3) is 0.190. The number of thioether (sulfide) groups is 1. The van der Waals surface area contributed by atoms with E-state index in [-0.39, 0.29) is 30.0 Å². The van der Waals surface area contributed by atoms with Crippen LogP contribution in [0, 0.1) is 5.82 Å². The van der Waals surface area contributed by atoms with Gasteiger partial charge < -0.3 is 14.8 Å². The third-order valence-electron chi connectivity index (χ3n) is 3.82. The monoisotopic (exact) mass is 461 g/mol. The highest BCUT2D eigenvalue weighted by Gasteiger charge is 2.09. The van der Waals surface area contributed by atoms with E-state index in [1.165, 1.54) is 47.4 Å². The SMILES string of the molecule is COc1cccc(OCC(=O)Nc2nc(CSCC(=O)Nc3ccc(F)cc3)cs2)c1. The van der Waals surface area contributed by atoms with E-state index in [9.17, 15) is 14.0 Å². The highest BCUT2D eigenvalue weighted by atomic mass is 32.2. The molecule has 2 aromatic carbocycles. The quantitative estimate of drug-likeness (QED) is 0.471. The van der Waals surface area contributed by atoms with Gasteiger partial charge in [0, 0.05) is 22.9 Å². The predicted molar refractivity (Wildman–Crippen MR) is 120 cm³/mol. The largest absolute Gasteiger partial charge is 0.497 e. The van der Waals surface area contributed by atoms with Crippen molar-refractivity contribution in [1.82, 2.24) is 4.98 Å². The Kier molecular flexibility index (Phi) is 8.25. The van der Waals surface area contributed by atoms with Crippen molar-refractivity contribution in [3.05, 3.63) is 65.4 Å². The first-order valence-electron chi connectivity index (χ1n) is 9.16. The summed E-state index contributed by atoms with van der Waals surface area (Å²) in [5.74, 6) is 1.06. The molecule has 0 radical (unpaired) electrons. The number of hydrogen-bond acceptors (Lipinski definition) is 7. The molecule has 1 heterocycles. The van der Waals surface area contributed by atoms with Gasteiger partial charge in [0.2, 0.25) is 5.91 Å². The molecular weight excluding hydrogens is 441 g/mol. The number of nitrogens with zero attached hydrogens (tertiary/aromatic N) is 1. The van der Waals surface area contributed by atoms with E-state index in [2.05, 4.69) is 15.6 Å². The lowest BCUT2D eigenvalue weighted by atomic mass is 10.3. The normalized spacial score (nSPS) is 10.4. The molecule has 0 atom stereocenters. The summed E-state index contributed by atoms with van der Waals surface area (Å²) in [7, 11) is 1.56. The summed E-state index contributed by atoms with van der Waals surface area (Å²) < 4.78 is 23.4. The van der Waals surface area contributed by atoms with Crippen LogP contribution in [-0.2, 0) is 15.3 Å². The van der Waals surface area contributed by atoms with Gasteiger partial charge in [-0.3, -0.25) is 14.9 Å². The molecule has 1 aromatic heterocycles. The van der Waals surface area contributed by atoms with Crippen molar-refractivity contribution >= 4 is 45.7 Å².